The van der Waals surface area contributed by atoms with E-state index in [0.717, 1.165) is 22.7 Å². The number of carbonyl (C=O) groups excluding carboxylic acids is 2. The second-order valence-electron chi connectivity index (χ2n) is 6.79. The van der Waals surface area contributed by atoms with Crippen molar-refractivity contribution < 1.29 is 23.8 Å². The Hall–Kier alpha value is -3.06. The normalized spacial score (nSPS) is 16.4. The van der Waals surface area contributed by atoms with Crippen molar-refractivity contribution >= 4 is 17.5 Å². The molecule has 2 aromatic carbocycles. The number of aryl methyl sites for hydroxylation is 1. The summed E-state index contributed by atoms with van der Waals surface area (Å²) >= 11 is 0. The Kier molecular flexibility index (Phi) is 7.08. The number of anilines is 1. The van der Waals surface area contributed by atoms with Gasteiger partial charge in [-0.05, 0) is 48.4 Å². The number of benzene rings is 2. The van der Waals surface area contributed by atoms with Crippen LogP contribution in [0.15, 0.2) is 48.5 Å². The van der Waals surface area contributed by atoms with Gasteiger partial charge in [0, 0.05) is 18.7 Å². The molecular weight excluding hydrogens is 372 g/mol. The fourth-order valence-electron chi connectivity index (χ4n) is 3.16. The van der Waals surface area contributed by atoms with Crippen LogP contribution in [0.3, 0.4) is 0 Å². The lowest BCUT2D eigenvalue weighted by molar-refractivity contribution is -0.129. The highest BCUT2D eigenvalue weighted by Crippen LogP contribution is 2.22. The summed E-state index contributed by atoms with van der Waals surface area (Å²) in [6.45, 7) is 0.745. The minimum Gasteiger partial charge on any atom is -0.497 e. The van der Waals surface area contributed by atoms with E-state index in [-0.39, 0.29) is 24.5 Å². The van der Waals surface area contributed by atoms with Gasteiger partial charge in [0.25, 0.3) is 5.91 Å². The number of hydrogen-bond donors (Lipinski definition) is 1. The SMILES string of the molecule is COc1ccc(N2CC(CNC(=O)CCc3cccc(OC)c3)OCC2=O)cc1. The van der Waals surface area contributed by atoms with Crippen LogP contribution in [0.25, 0.3) is 0 Å². The Morgan fingerprint density at radius 1 is 1.14 bits per heavy atom. The topological polar surface area (TPSA) is 77.1 Å². The van der Waals surface area contributed by atoms with Gasteiger partial charge in [0.15, 0.2) is 0 Å². The first-order valence-corrected chi connectivity index (χ1v) is 9.54. The van der Waals surface area contributed by atoms with Crippen LogP contribution in [0.1, 0.15) is 12.0 Å². The van der Waals surface area contributed by atoms with Gasteiger partial charge in [0.1, 0.15) is 18.1 Å². The van der Waals surface area contributed by atoms with E-state index in [1.54, 1.807) is 19.1 Å². The van der Waals surface area contributed by atoms with E-state index in [9.17, 15) is 9.59 Å². The Balaban J connectivity index is 1.48. The maximum atomic E-state index is 12.2. The average molecular weight is 398 g/mol. The Morgan fingerprint density at radius 3 is 2.62 bits per heavy atom. The third kappa shape index (κ3) is 5.71. The van der Waals surface area contributed by atoms with Crippen LogP contribution >= 0.6 is 0 Å². The molecule has 1 saturated heterocycles. The third-order valence-electron chi connectivity index (χ3n) is 4.82. The van der Waals surface area contributed by atoms with Crippen LogP contribution in [0.2, 0.25) is 0 Å². The summed E-state index contributed by atoms with van der Waals surface area (Å²) in [5, 5.41) is 2.90. The maximum Gasteiger partial charge on any atom is 0.253 e. The maximum absolute atomic E-state index is 12.2. The van der Waals surface area contributed by atoms with Crippen molar-refractivity contribution in [1.29, 1.82) is 0 Å². The predicted octanol–water partition coefficient (Wildman–Crippen LogP) is 2.18. The summed E-state index contributed by atoms with van der Waals surface area (Å²) in [5.74, 6) is 1.36. The molecule has 0 spiro atoms. The highest BCUT2D eigenvalue weighted by molar-refractivity contribution is 5.95. The molecule has 0 saturated carbocycles. The molecule has 7 nitrogen and oxygen atoms in total. The lowest BCUT2D eigenvalue weighted by atomic mass is 10.1. The van der Waals surface area contributed by atoms with Crippen molar-refractivity contribution in [2.75, 3.05) is 38.8 Å². The number of carbonyl (C=O) groups is 2. The standard InChI is InChI=1S/C22H26N2O5/c1-27-18-9-7-17(8-10-18)24-14-20(29-15-22(24)26)13-23-21(25)11-6-16-4-3-5-19(12-16)28-2/h3-5,7-10,12,20H,6,11,13-15H2,1-2H3,(H,23,25). The minimum absolute atomic E-state index is 0.00359. The average Bonchev–Trinajstić information content (AvgIpc) is 2.77. The van der Waals surface area contributed by atoms with Crippen molar-refractivity contribution in [2.45, 2.75) is 18.9 Å². The van der Waals surface area contributed by atoms with Gasteiger partial charge in [-0.2, -0.15) is 0 Å². The molecule has 1 aliphatic heterocycles. The van der Waals surface area contributed by atoms with Gasteiger partial charge in [-0.15, -0.1) is 0 Å². The van der Waals surface area contributed by atoms with Gasteiger partial charge in [-0.25, -0.2) is 0 Å². The number of morpholine rings is 1. The largest absolute Gasteiger partial charge is 0.497 e. The first-order valence-electron chi connectivity index (χ1n) is 9.54. The molecule has 1 atom stereocenters. The van der Waals surface area contributed by atoms with Gasteiger partial charge >= 0.3 is 0 Å². The molecule has 1 heterocycles. The van der Waals surface area contributed by atoms with Crippen molar-refractivity contribution in [3.63, 3.8) is 0 Å². The van der Waals surface area contributed by atoms with Crippen molar-refractivity contribution in [2.24, 2.45) is 0 Å². The molecule has 7 heteroatoms. The van der Waals surface area contributed by atoms with Crippen LogP contribution in [0.5, 0.6) is 11.5 Å². The predicted molar refractivity (Wildman–Crippen MR) is 109 cm³/mol. The van der Waals surface area contributed by atoms with Crippen LogP contribution in [0, 0.1) is 0 Å². The highest BCUT2D eigenvalue weighted by atomic mass is 16.5. The molecular formula is C22H26N2O5. The van der Waals surface area contributed by atoms with E-state index in [2.05, 4.69) is 5.32 Å². The summed E-state index contributed by atoms with van der Waals surface area (Å²) in [5.41, 5.74) is 1.83. The molecule has 1 aliphatic rings. The van der Waals surface area contributed by atoms with E-state index < -0.39 is 0 Å². The van der Waals surface area contributed by atoms with Gasteiger partial charge in [-0.1, -0.05) is 12.1 Å². The molecule has 1 unspecified atom stereocenters. The molecule has 29 heavy (non-hydrogen) atoms. The summed E-state index contributed by atoms with van der Waals surface area (Å²) in [7, 11) is 3.22. The van der Waals surface area contributed by atoms with Crippen LogP contribution in [0.4, 0.5) is 5.69 Å². The summed E-state index contributed by atoms with van der Waals surface area (Å²) in [4.78, 5) is 26.1. The monoisotopic (exact) mass is 398 g/mol. The van der Waals surface area contributed by atoms with Gasteiger partial charge in [-0.3, -0.25) is 9.59 Å². The number of amides is 2. The number of ether oxygens (including phenoxy) is 3. The second-order valence-corrected chi connectivity index (χ2v) is 6.79. The summed E-state index contributed by atoms with van der Waals surface area (Å²) < 4.78 is 15.9. The third-order valence-corrected chi connectivity index (χ3v) is 4.82. The van der Waals surface area contributed by atoms with E-state index in [1.165, 1.54) is 0 Å². The van der Waals surface area contributed by atoms with Crippen LogP contribution in [-0.4, -0.2) is 51.8 Å². The van der Waals surface area contributed by atoms with Crippen molar-refractivity contribution in [3.05, 3.63) is 54.1 Å². The minimum atomic E-state index is -0.254. The molecule has 2 amide bonds. The quantitative estimate of drug-likeness (QED) is 0.738. The zero-order valence-electron chi connectivity index (χ0n) is 16.7. The van der Waals surface area contributed by atoms with E-state index in [1.807, 2.05) is 48.5 Å². The molecule has 3 rings (SSSR count). The van der Waals surface area contributed by atoms with Crippen molar-refractivity contribution in [1.82, 2.24) is 5.32 Å². The van der Waals surface area contributed by atoms with Gasteiger partial charge in [0.05, 0.1) is 26.9 Å². The summed E-state index contributed by atoms with van der Waals surface area (Å²) in [6.07, 6.45) is 0.752. The zero-order chi connectivity index (χ0) is 20.6. The molecule has 1 N–H and O–H groups in total. The summed E-state index contributed by atoms with van der Waals surface area (Å²) in [6, 6.07) is 15.0. The van der Waals surface area contributed by atoms with E-state index >= 15 is 0 Å². The van der Waals surface area contributed by atoms with Gasteiger partial charge < -0.3 is 24.4 Å². The number of rotatable bonds is 8. The van der Waals surface area contributed by atoms with Crippen molar-refractivity contribution in [3.8, 4) is 11.5 Å². The molecule has 0 radical (unpaired) electrons. The highest BCUT2D eigenvalue weighted by Gasteiger charge is 2.27. The number of nitrogens with one attached hydrogen (secondary N) is 1. The smallest absolute Gasteiger partial charge is 0.253 e. The van der Waals surface area contributed by atoms with Crippen LogP contribution in [-0.2, 0) is 20.7 Å². The molecule has 0 aromatic heterocycles. The molecule has 0 aliphatic carbocycles. The molecule has 2 aromatic rings. The molecule has 1 fully saturated rings. The molecule has 0 bridgehead atoms. The van der Waals surface area contributed by atoms with Crippen LogP contribution < -0.4 is 19.7 Å². The number of hydrogen-bond acceptors (Lipinski definition) is 5. The van der Waals surface area contributed by atoms with E-state index in [4.69, 9.17) is 14.2 Å². The fourth-order valence-corrected chi connectivity index (χ4v) is 3.16. The first kappa shape index (κ1) is 20.7. The Labute approximate surface area is 170 Å². The van der Waals surface area contributed by atoms with E-state index in [0.29, 0.717) is 25.9 Å². The number of nitrogens with zero attached hydrogens (tertiary/aromatic N) is 1. The molecule has 154 valence electrons. The lowest BCUT2D eigenvalue weighted by Gasteiger charge is -2.33. The Morgan fingerprint density at radius 2 is 1.90 bits per heavy atom. The lowest BCUT2D eigenvalue weighted by Crippen LogP contribution is -2.50. The zero-order valence-corrected chi connectivity index (χ0v) is 16.7. The number of methoxy groups -OCH3 is 2. The first-order chi connectivity index (χ1) is 14.1. The second kappa shape index (κ2) is 9.93. The fraction of sp³-hybridized carbons (Fsp3) is 0.364. The Bertz CT molecular complexity index is 837. The van der Waals surface area contributed by atoms with Gasteiger partial charge in [0.2, 0.25) is 5.91 Å².